The van der Waals surface area contributed by atoms with Crippen molar-refractivity contribution < 1.29 is 19.2 Å². The number of hydroxylamine groups is 2. The molecule has 0 aromatic carbocycles. The van der Waals surface area contributed by atoms with E-state index >= 15 is 0 Å². The summed E-state index contributed by atoms with van der Waals surface area (Å²) in [5, 5.41) is 4.69. The largest absolute Gasteiger partial charge is 0.450 e. The number of hydrogen-bond donors (Lipinski definition) is 0. The Morgan fingerprint density at radius 2 is 1.96 bits per heavy atom. The van der Waals surface area contributed by atoms with Crippen molar-refractivity contribution in [1.29, 1.82) is 0 Å². The van der Waals surface area contributed by atoms with Gasteiger partial charge in [0.05, 0.1) is 13.7 Å². The van der Waals surface area contributed by atoms with E-state index in [9.17, 15) is 9.59 Å². The lowest BCUT2D eigenvalue weighted by atomic mass is 9.90. The molecule has 0 aromatic heterocycles. The molecule has 0 radical (unpaired) electrons. The molecular formula is C16H31N5O4Si. The average molecular weight is 386 g/mol. The summed E-state index contributed by atoms with van der Waals surface area (Å²) in [6.45, 7) is 8.39. The zero-order chi connectivity index (χ0) is 19.7. The Morgan fingerprint density at radius 1 is 1.35 bits per heavy atom. The number of azide groups is 1. The lowest BCUT2D eigenvalue weighted by Crippen LogP contribution is -2.41. The summed E-state index contributed by atoms with van der Waals surface area (Å²) < 4.78 is 5.37. The van der Waals surface area contributed by atoms with Gasteiger partial charge in [0.25, 0.3) is 5.91 Å². The van der Waals surface area contributed by atoms with Crippen LogP contribution >= 0.6 is 0 Å². The van der Waals surface area contributed by atoms with E-state index in [2.05, 4.69) is 29.7 Å². The number of carbonyl (C=O) groups excluding carboxylic acids is 2. The van der Waals surface area contributed by atoms with E-state index in [1.807, 2.05) is 0 Å². The summed E-state index contributed by atoms with van der Waals surface area (Å²) in [6.07, 6.45) is 1.70. The number of ether oxygens (including phenoxy) is 1. The maximum absolute atomic E-state index is 12.2. The first-order valence-corrected chi connectivity index (χ1v) is 12.7. The summed E-state index contributed by atoms with van der Waals surface area (Å²) in [4.78, 5) is 33.7. The van der Waals surface area contributed by atoms with Gasteiger partial charge in [0.2, 0.25) is 0 Å². The van der Waals surface area contributed by atoms with Crippen LogP contribution in [0.5, 0.6) is 0 Å². The van der Waals surface area contributed by atoms with Crippen LogP contribution in [0.25, 0.3) is 10.4 Å². The Morgan fingerprint density at radius 3 is 2.46 bits per heavy atom. The minimum atomic E-state index is -1.22. The molecule has 0 saturated carbocycles. The Labute approximate surface area is 156 Å². The molecule has 1 rings (SSSR count). The first-order valence-electron chi connectivity index (χ1n) is 8.95. The second-order valence-corrected chi connectivity index (χ2v) is 13.5. The quantitative estimate of drug-likeness (QED) is 0.210. The fourth-order valence-corrected chi connectivity index (χ4v) is 3.48. The third-order valence-corrected chi connectivity index (χ3v) is 6.27. The van der Waals surface area contributed by atoms with E-state index < -0.39 is 14.1 Å². The zero-order valence-electron chi connectivity index (χ0n) is 16.5. The van der Waals surface area contributed by atoms with E-state index in [1.165, 1.54) is 14.2 Å². The molecule has 1 aliphatic rings. The Hall–Kier alpha value is -1.77. The van der Waals surface area contributed by atoms with E-state index in [4.69, 9.17) is 15.1 Å². The van der Waals surface area contributed by atoms with Gasteiger partial charge in [-0.05, 0) is 36.8 Å². The van der Waals surface area contributed by atoms with Crippen molar-refractivity contribution in [1.82, 2.24) is 9.96 Å². The van der Waals surface area contributed by atoms with Crippen LogP contribution in [0.15, 0.2) is 5.11 Å². The first kappa shape index (κ1) is 22.3. The molecule has 0 aliphatic carbocycles. The van der Waals surface area contributed by atoms with Crippen LogP contribution in [0.4, 0.5) is 4.79 Å². The van der Waals surface area contributed by atoms with Gasteiger partial charge in [0, 0.05) is 33.1 Å². The van der Waals surface area contributed by atoms with Crippen molar-refractivity contribution in [3.05, 3.63) is 10.4 Å². The predicted octanol–water partition coefficient (Wildman–Crippen LogP) is 3.26. The van der Waals surface area contributed by atoms with Crippen LogP contribution in [-0.4, -0.2) is 69.9 Å². The fraction of sp³-hybridized carbons (Fsp3) is 0.875. The molecule has 0 N–H and O–H groups in total. The van der Waals surface area contributed by atoms with Gasteiger partial charge in [-0.15, -0.1) is 0 Å². The topological polar surface area (TPSA) is 108 Å². The van der Waals surface area contributed by atoms with Crippen LogP contribution in [0.1, 0.15) is 19.3 Å². The molecule has 148 valence electrons. The van der Waals surface area contributed by atoms with Crippen molar-refractivity contribution in [2.45, 2.75) is 51.0 Å². The number of nitrogens with zero attached hydrogens (tertiary/aromatic N) is 5. The first-order chi connectivity index (χ1) is 12.2. The van der Waals surface area contributed by atoms with Gasteiger partial charge >= 0.3 is 6.09 Å². The molecule has 9 nitrogen and oxygen atoms in total. The van der Waals surface area contributed by atoms with Crippen LogP contribution in [-0.2, 0) is 14.4 Å². The maximum Gasteiger partial charge on any atom is 0.409 e. The highest BCUT2D eigenvalue weighted by molar-refractivity contribution is 6.76. The van der Waals surface area contributed by atoms with Crippen LogP contribution in [0.3, 0.4) is 0 Å². The summed E-state index contributed by atoms with van der Waals surface area (Å²) in [5.74, 6) is -0.149. The maximum atomic E-state index is 12.2. The van der Waals surface area contributed by atoms with Gasteiger partial charge in [-0.1, -0.05) is 24.8 Å². The molecule has 0 bridgehead atoms. The smallest absolute Gasteiger partial charge is 0.409 e. The number of piperidine rings is 1. The second-order valence-electron chi connectivity index (χ2n) is 7.83. The summed E-state index contributed by atoms with van der Waals surface area (Å²) in [5.41, 5.74) is 8.70. The van der Waals surface area contributed by atoms with Gasteiger partial charge in [0.15, 0.2) is 0 Å². The van der Waals surface area contributed by atoms with Crippen LogP contribution in [0.2, 0.25) is 25.7 Å². The van der Waals surface area contributed by atoms with E-state index in [1.54, 1.807) is 4.90 Å². The molecule has 1 fully saturated rings. The minimum Gasteiger partial charge on any atom is -0.450 e. The standard InChI is InChI=1S/C16H31N5O4Si/c1-20(24-2)15(22)14(18-19-17)12-13-6-8-21(9-7-13)16(23)25-10-11-26(3,4)5/h13-14H,6-12H2,1-5H3/t14-/m0/s1. The molecule has 1 saturated heterocycles. The monoisotopic (exact) mass is 385 g/mol. The molecule has 1 atom stereocenters. The van der Waals surface area contributed by atoms with Crippen LogP contribution < -0.4 is 0 Å². The number of rotatable bonds is 8. The van der Waals surface area contributed by atoms with E-state index in [0.29, 0.717) is 26.1 Å². The van der Waals surface area contributed by atoms with Gasteiger partial charge in [0.1, 0.15) is 6.04 Å². The normalized spacial score (nSPS) is 16.6. The fourth-order valence-electron chi connectivity index (χ4n) is 2.76. The molecule has 1 heterocycles. The van der Waals surface area contributed by atoms with E-state index in [0.717, 1.165) is 23.9 Å². The third-order valence-electron chi connectivity index (χ3n) is 4.57. The summed E-state index contributed by atoms with van der Waals surface area (Å²) in [7, 11) is 1.66. The average Bonchev–Trinajstić information content (AvgIpc) is 2.59. The highest BCUT2D eigenvalue weighted by Crippen LogP contribution is 2.24. The number of likely N-dealkylation sites (tertiary alicyclic amines) is 1. The Kier molecular flexibility index (Phi) is 8.90. The summed E-state index contributed by atoms with van der Waals surface area (Å²) in [6, 6.07) is 0.170. The minimum absolute atomic E-state index is 0.214. The molecule has 0 spiro atoms. The Balaban J connectivity index is 2.45. The molecule has 10 heteroatoms. The number of carbonyl (C=O) groups is 2. The second kappa shape index (κ2) is 10.4. The van der Waals surface area contributed by atoms with Crippen molar-refractivity contribution in [2.24, 2.45) is 11.0 Å². The molecule has 0 aromatic rings. The van der Waals surface area contributed by atoms with Crippen molar-refractivity contribution in [3.63, 3.8) is 0 Å². The Bertz CT molecular complexity index is 525. The van der Waals surface area contributed by atoms with E-state index in [-0.39, 0.29) is 17.9 Å². The molecule has 0 unspecified atom stereocenters. The zero-order valence-corrected chi connectivity index (χ0v) is 17.5. The lowest BCUT2D eigenvalue weighted by molar-refractivity contribution is -0.170. The highest BCUT2D eigenvalue weighted by Gasteiger charge is 2.29. The number of likely N-dealkylation sites (N-methyl/N-ethyl adjacent to an activating group) is 1. The number of hydrogen-bond acceptors (Lipinski definition) is 5. The lowest BCUT2D eigenvalue weighted by Gasteiger charge is -2.32. The van der Waals surface area contributed by atoms with Crippen molar-refractivity contribution in [3.8, 4) is 0 Å². The van der Waals surface area contributed by atoms with Gasteiger partial charge in [-0.3, -0.25) is 9.63 Å². The SMILES string of the molecule is CON(C)C(=O)[C@H](CC1CCN(C(=O)OCC[Si](C)(C)C)CC1)N=[N+]=[N-]. The van der Waals surface area contributed by atoms with Gasteiger partial charge in [-0.25, -0.2) is 9.86 Å². The number of amides is 2. The van der Waals surface area contributed by atoms with Crippen molar-refractivity contribution in [2.75, 3.05) is 33.9 Å². The highest BCUT2D eigenvalue weighted by atomic mass is 28.3. The van der Waals surface area contributed by atoms with Crippen molar-refractivity contribution >= 4 is 20.1 Å². The molecular weight excluding hydrogens is 354 g/mol. The molecule has 2 amide bonds. The molecule has 1 aliphatic heterocycles. The third kappa shape index (κ3) is 7.63. The van der Waals surface area contributed by atoms with Crippen LogP contribution in [0, 0.1) is 5.92 Å². The summed E-state index contributed by atoms with van der Waals surface area (Å²) >= 11 is 0. The van der Waals surface area contributed by atoms with Gasteiger partial charge in [-0.2, -0.15) is 0 Å². The predicted molar refractivity (Wildman–Crippen MR) is 101 cm³/mol. The van der Waals surface area contributed by atoms with Gasteiger partial charge < -0.3 is 9.64 Å². The molecule has 26 heavy (non-hydrogen) atoms.